The lowest BCUT2D eigenvalue weighted by atomic mass is 10.0. The molecule has 1 aliphatic rings. The summed E-state index contributed by atoms with van der Waals surface area (Å²) in [5.74, 6) is -0.247. The Morgan fingerprint density at radius 1 is 1.45 bits per heavy atom. The fourth-order valence-electron chi connectivity index (χ4n) is 2.44. The Morgan fingerprint density at radius 2 is 2.15 bits per heavy atom. The van der Waals surface area contributed by atoms with Crippen LogP contribution in [0.15, 0.2) is 18.2 Å². The summed E-state index contributed by atoms with van der Waals surface area (Å²) in [6, 6.07) is 3.08. The maximum atomic E-state index is 13.1. The number of anilines is 2. The van der Waals surface area contributed by atoms with Gasteiger partial charge >= 0.3 is 6.18 Å². The summed E-state index contributed by atoms with van der Waals surface area (Å²) >= 11 is 0. The fraction of sp³-hybridized carbons (Fsp3) is 0.462. The first-order valence-electron chi connectivity index (χ1n) is 6.35. The van der Waals surface area contributed by atoms with Gasteiger partial charge in [0, 0.05) is 24.5 Å². The predicted molar refractivity (Wildman–Crippen MR) is 70.3 cm³/mol. The zero-order valence-electron chi connectivity index (χ0n) is 11.0. The number of nitrogens with zero attached hydrogens (tertiary/aromatic N) is 1. The monoisotopic (exact) mass is 287 g/mol. The molecule has 1 aromatic carbocycles. The van der Waals surface area contributed by atoms with Crippen LogP contribution in [0.2, 0.25) is 0 Å². The van der Waals surface area contributed by atoms with Gasteiger partial charge in [0.25, 0.3) is 0 Å². The third-order valence-electron chi connectivity index (χ3n) is 3.35. The zero-order valence-corrected chi connectivity index (χ0v) is 11.0. The van der Waals surface area contributed by atoms with Gasteiger partial charge in [-0.2, -0.15) is 13.2 Å². The van der Waals surface area contributed by atoms with Gasteiger partial charge in [-0.15, -0.1) is 0 Å². The Hall–Kier alpha value is -1.92. The second-order valence-corrected chi connectivity index (χ2v) is 4.68. The molecule has 1 amide bonds. The van der Waals surface area contributed by atoms with Gasteiger partial charge < -0.3 is 16.0 Å². The van der Waals surface area contributed by atoms with Crippen molar-refractivity contribution >= 4 is 17.3 Å². The minimum atomic E-state index is -4.50. The number of rotatable bonds is 2. The molecule has 1 saturated heterocycles. The molecule has 20 heavy (non-hydrogen) atoms. The molecule has 7 heteroatoms. The molecule has 1 aromatic rings. The molecular weight excluding hydrogens is 271 g/mol. The van der Waals surface area contributed by atoms with E-state index in [9.17, 15) is 18.0 Å². The van der Waals surface area contributed by atoms with E-state index >= 15 is 0 Å². The summed E-state index contributed by atoms with van der Waals surface area (Å²) < 4.78 is 39.4. The van der Waals surface area contributed by atoms with Crippen LogP contribution in [0.4, 0.5) is 24.5 Å². The first kappa shape index (κ1) is 14.5. The second kappa shape index (κ2) is 5.22. The van der Waals surface area contributed by atoms with E-state index in [2.05, 4.69) is 5.32 Å². The number of nitrogens with two attached hydrogens (primary N) is 1. The molecule has 0 radical (unpaired) electrons. The van der Waals surface area contributed by atoms with Gasteiger partial charge in [0.05, 0.1) is 5.56 Å². The topological polar surface area (TPSA) is 58.4 Å². The van der Waals surface area contributed by atoms with Crippen molar-refractivity contribution in [2.45, 2.75) is 25.6 Å². The van der Waals surface area contributed by atoms with Crippen LogP contribution in [0.3, 0.4) is 0 Å². The minimum absolute atomic E-state index is 0.00778. The summed E-state index contributed by atoms with van der Waals surface area (Å²) in [6.07, 6.45) is -4.07. The smallest absolute Gasteiger partial charge is 0.399 e. The number of hydrogen-bond acceptors (Lipinski definition) is 3. The van der Waals surface area contributed by atoms with Crippen molar-refractivity contribution in [2.24, 2.45) is 0 Å². The molecule has 0 saturated carbocycles. The lowest BCUT2D eigenvalue weighted by Crippen LogP contribution is -2.55. The summed E-state index contributed by atoms with van der Waals surface area (Å²) in [4.78, 5) is 13.3. The van der Waals surface area contributed by atoms with Gasteiger partial charge in [-0.1, -0.05) is 6.92 Å². The summed E-state index contributed by atoms with van der Waals surface area (Å²) in [5, 5.41) is 2.67. The largest absolute Gasteiger partial charge is 0.418 e. The van der Waals surface area contributed by atoms with Gasteiger partial charge in [-0.3, -0.25) is 4.79 Å². The predicted octanol–water partition coefficient (Wildman–Crippen LogP) is 2.00. The van der Waals surface area contributed by atoms with Crippen molar-refractivity contribution in [3.8, 4) is 0 Å². The third kappa shape index (κ3) is 2.66. The Labute approximate surface area is 114 Å². The minimum Gasteiger partial charge on any atom is -0.399 e. The number of carbonyl (C=O) groups excluding carboxylic acids is 1. The maximum Gasteiger partial charge on any atom is 0.418 e. The summed E-state index contributed by atoms with van der Waals surface area (Å²) in [5.41, 5.74) is 4.71. The SMILES string of the molecule is CCC1C(=O)NCCN1c1ccc(N)cc1C(F)(F)F. The van der Waals surface area contributed by atoms with Crippen molar-refractivity contribution < 1.29 is 18.0 Å². The number of carbonyl (C=O) groups is 1. The molecule has 110 valence electrons. The first-order chi connectivity index (χ1) is 9.34. The standard InChI is InChI=1S/C13H16F3N3O/c1-2-10-12(20)18-5-6-19(10)11-4-3-8(17)7-9(11)13(14,15)16/h3-4,7,10H,2,5-6,17H2,1H3,(H,18,20). The van der Waals surface area contributed by atoms with Crippen LogP contribution < -0.4 is 16.0 Å². The Bertz CT molecular complexity index is 516. The summed E-state index contributed by atoms with van der Waals surface area (Å²) in [6.45, 7) is 2.45. The third-order valence-corrected chi connectivity index (χ3v) is 3.35. The molecule has 2 rings (SSSR count). The number of nitrogens with one attached hydrogen (secondary N) is 1. The average molecular weight is 287 g/mol. The van der Waals surface area contributed by atoms with Crippen LogP contribution in [0.1, 0.15) is 18.9 Å². The second-order valence-electron chi connectivity index (χ2n) is 4.68. The van der Waals surface area contributed by atoms with E-state index in [0.29, 0.717) is 19.5 Å². The number of benzene rings is 1. The Kier molecular flexibility index (Phi) is 3.78. The molecule has 0 bridgehead atoms. The number of hydrogen-bond donors (Lipinski definition) is 2. The van der Waals surface area contributed by atoms with E-state index in [4.69, 9.17) is 5.73 Å². The Balaban J connectivity index is 2.48. The first-order valence-corrected chi connectivity index (χ1v) is 6.35. The van der Waals surface area contributed by atoms with E-state index in [1.807, 2.05) is 0 Å². The zero-order chi connectivity index (χ0) is 14.9. The highest BCUT2D eigenvalue weighted by Gasteiger charge is 2.38. The number of nitrogen functional groups attached to an aromatic ring is 1. The van der Waals surface area contributed by atoms with E-state index in [1.165, 1.54) is 17.0 Å². The molecule has 1 atom stereocenters. The van der Waals surface area contributed by atoms with Crippen LogP contribution >= 0.6 is 0 Å². The lowest BCUT2D eigenvalue weighted by Gasteiger charge is -2.37. The van der Waals surface area contributed by atoms with Crippen LogP contribution in [0, 0.1) is 0 Å². The molecule has 0 aliphatic carbocycles. The van der Waals surface area contributed by atoms with Gasteiger partial charge in [-0.25, -0.2) is 0 Å². The fourth-order valence-corrected chi connectivity index (χ4v) is 2.44. The van der Waals surface area contributed by atoms with Crippen molar-refractivity contribution in [3.63, 3.8) is 0 Å². The molecule has 1 fully saturated rings. The van der Waals surface area contributed by atoms with Gasteiger partial charge in [-0.05, 0) is 24.6 Å². The number of piperazine rings is 1. The average Bonchev–Trinajstić information content (AvgIpc) is 2.37. The lowest BCUT2D eigenvalue weighted by molar-refractivity contribution is -0.137. The van der Waals surface area contributed by atoms with Crippen LogP contribution in [0.5, 0.6) is 0 Å². The molecule has 1 unspecified atom stereocenters. The van der Waals surface area contributed by atoms with Gasteiger partial charge in [0.1, 0.15) is 6.04 Å². The van der Waals surface area contributed by atoms with E-state index in [1.54, 1.807) is 6.92 Å². The highest BCUT2D eigenvalue weighted by molar-refractivity contribution is 5.87. The highest BCUT2D eigenvalue weighted by Crippen LogP contribution is 2.38. The molecule has 4 nitrogen and oxygen atoms in total. The molecule has 0 spiro atoms. The quantitative estimate of drug-likeness (QED) is 0.818. The number of halogens is 3. The van der Waals surface area contributed by atoms with Gasteiger partial charge in [0.2, 0.25) is 5.91 Å². The van der Waals surface area contributed by atoms with Crippen LogP contribution in [0.25, 0.3) is 0 Å². The Morgan fingerprint density at radius 3 is 2.75 bits per heavy atom. The molecule has 1 aliphatic heterocycles. The molecule has 1 heterocycles. The van der Waals surface area contributed by atoms with Crippen molar-refractivity contribution in [1.82, 2.24) is 5.32 Å². The molecule has 0 aromatic heterocycles. The highest BCUT2D eigenvalue weighted by atomic mass is 19.4. The van der Waals surface area contributed by atoms with Crippen molar-refractivity contribution in [1.29, 1.82) is 0 Å². The van der Waals surface area contributed by atoms with Crippen molar-refractivity contribution in [2.75, 3.05) is 23.7 Å². The van der Waals surface area contributed by atoms with E-state index in [-0.39, 0.29) is 17.3 Å². The normalized spacial score (nSPS) is 19.9. The van der Waals surface area contributed by atoms with E-state index < -0.39 is 17.8 Å². The van der Waals surface area contributed by atoms with E-state index in [0.717, 1.165) is 6.07 Å². The number of amides is 1. The molecule has 3 N–H and O–H groups in total. The summed E-state index contributed by atoms with van der Waals surface area (Å²) in [7, 11) is 0. The van der Waals surface area contributed by atoms with Crippen LogP contribution in [-0.2, 0) is 11.0 Å². The maximum absolute atomic E-state index is 13.1. The van der Waals surface area contributed by atoms with Crippen LogP contribution in [-0.4, -0.2) is 25.0 Å². The number of alkyl halides is 3. The molecular formula is C13H16F3N3O. The van der Waals surface area contributed by atoms with Crippen molar-refractivity contribution in [3.05, 3.63) is 23.8 Å². The van der Waals surface area contributed by atoms with Gasteiger partial charge in [0.15, 0.2) is 0 Å².